The van der Waals surface area contributed by atoms with Gasteiger partial charge in [0.05, 0.1) is 19.2 Å². The number of carbonyl (C=O) groups is 1. The van der Waals surface area contributed by atoms with E-state index in [0.717, 1.165) is 17.0 Å². The Balaban J connectivity index is 3.04. The number of carboxylic acids is 1. The van der Waals surface area contributed by atoms with E-state index in [2.05, 4.69) is 0 Å². The van der Waals surface area contributed by atoms with Crippen molar-refractivity contribution < 1.29 is 14.6 Å². The van der Waals surface area contributed by atoms with Gasteiger partial charge in [0.1, 0.15) is 5.75 Å². The average Bonchev–Trinajstić information content (AvgIpc) is 2.16. The lowest BCUT2D eigenvalue weighted by molar-refractivity contribution is -0.136. The zero-order valence-electron chi connectivity index (χ0n) is 9.15. The van der Waals surface area contributed by atoms with Gasteiger partial charge in [0.25, 0.3) is 0 Å². The van der Waals surface area contributed by atoms with Crippen molar-refractivity contribution in [2.24, 2.45) is 0 Å². The monoisotopic (exact) mass is 209 g/mol. The van der Waals surface area contributed by atoms with Gasteiger partial charge in [0.15, 0.2) is 0 Å². The normalized spacial score (nSPS) is 9.80. The second-order valence-electron chi connectivity index (χ2n) is 3.47. The first-order chi connectivity index (χ1) is 7.04. The van der Waals surface area contributed by atoms with Gasteiger partial charge in [0.2, 0.25) is 0 Å². The van der Waals surface area contributed by atoms with E-state index >= 15 is 0 Å². The number of anilines is 1. The number of hydrogen-bond acceptors (Lipinski definition) is 3. The van der Waals surface area contributed by atoms with E-state index in [4.69, 9.17) is 9.84 Å². The molecule has 4 nitrogen and oxygen atoms in total. The summed E-state index contributed by atoms with van der Waals surface area (Å²) in [5.41, 5.74) is 1.66. The van der Waals surface area contributed by atoms with Crippen LogP contribution in [-0.2, 0) is 11.2 Å². The Labute approximate surface area is 89.1 Å². The molecular weight excluding hydrogens is 194 g/mol. The zero-order chi connectivity index (χ0) is 11.4. The molecule has 1 aromatic carbocycles. The van der Waals surface area contributed by atoms with Crippen molar-refractivity contribution in [2.45, 2.75) is 6.42 Å². The Morgan fingerprint density at radius 2 is 2.13 bits per heavy atom. The molecule has 0 unspecified atom stereocenters. The molecule has 0 aliphatic rings. The van der Waals surface area contributed by atoms with Crippen LogP contribution in [0.5, 0.6) is 5.75 Å². The molecular formula is C11H15NO3. The molecule has 0 saturated heterocycles. The molecule has 0 bridgehead atoms. The lowest BCUT2D eigenvalue weighted by atomic mass is 10.1. The number of aliphatic carboxylic acids is 1. The highest BCUT2D eigenvalue weighted by Gasteiger charge is 2.08. The number of benzene rings is 1. The summed E-state index contributed by atoms with van der Waals surface area (Å²) in [6.07, 6.45) is 0.0326. The summed E-state index contributed by atoms with van der Waals surface area (Å²) in [4.78, 5) is 12.5. The zero-order valence-corrected chi connectivity index (χ0v) is 9.15. The number of ether oxygens (including phenoxy) is 1. The largest absolute Gasteiger partial charge is 0.495 e. The van der Waals surface area contributed by atoms with Crippen LogP contribution in [0.1, 0.15) is 5.56 Å². The molecule has 0 aliphatic heterocycles. The first-order valence-electron chi connectivity index (χ1n) is 4.60. The van der Waals surface area contributed by atoms with Gasteiger partial charge in [-0.25, -0.2) is 0 Å². The highest BCUT2D eigenvalue weighted by molar-refractivity contribution is 5.71. The summed E-state index contributed by atoms with van der Waals surface area (Å²) in [6.45, 7) is 0. The SMILES string of the molecule is COc1ccc(CC(=O)O)cc1N(C)C. The van der Waals surface area contributed by atoms with E-state index < -0.39 is 5.97 Å². The Bertz CT molecular complexity index is 361. The van der Waals surface area contributed by atoms with Crippen molar-refractivity contribution in [3.8, 4) is 5.75 Å². The predicted octanol–water partition coefficient (Wildman–Crippen LogP) is 1.39. The molecule has 1 aromatic rings. The molecule has 82 valence electrons. The number of methoxy groups -OCH3 is 1. The molecule has 4 heteroatoms. The molecule has 0 heterocycles. The van der Waals surface area contributed by atoms with Gasteiger partial charge in [-0.2, -0.15) is 0 Å². The average molecular weight is 209 g/mol. The second kappa shape index (κ2) is 4.68. The topological polar surface area (TPSA) is 49.8 Å². The van der Waals surface area contributed by atoms with Crippen LogP contribution in [0, 0.1) is 0 Å². The smallest absolute Gasteiger partial charge is 0.307 e. The van der Waals surface area contributed by atoms with Gasteiger partial charge in [-0.3, -0.25) is 4.79 Å². The van der Waals surface area contributed by atoms with Crippen molar-refractivity contribution in [1.82, 2.24) is 0 Å². The number of carboxylic acid groups (broad SMARTS) is 1. The van der Waals surface area contributed by atoms with Gasteiger partial charge >= 0.3 is 5.97 Å². The molecule has 0 amide bonds. The molecule has 0 spiro atoms. The third kappa shape index (κ3) is 2.87. The van der Waals surface area contributed by atoms with Gasteiger partial charge in [-0.1, -0.05) is 6.07 Å². The maximum Gasteiger partial charge on any atom is 0.307 e. The van der Waals surface area contributed by atoms with Crippen molar-refractivity contribution in [3.05, 3.63) is 23.8 Å². The van der Waals surface area contributed by atoms with Crippen molar-refractivity contribution in [1.29, 1.82) is 0 Å². The quantitative estimate of drug-likeness (QED) is 0.814. The number of hydrogen-bond donors (Lipinski definition) is 1. The Kier molecular flexibility index (Phi) is 3.55. The fourth-order valence-corrected chi connectivity index (χ4v) is 1.37. The minimum atomic E-state index is -0.829. The summed E-state index contributed by atoms with van der Waals surface area (Å²) in [6, 6.07) is 5.38. The van der Waals surface area contributed by atoms with Crippen LogP contribution >= 0.6 is 0 Å². The van der Waals surface area contributed by atoms with Gasteiger partial charge in [-0.05, 0) is 17.7 Å². The summed E-state index contributed by atoms with van der Waals surface area (Å²) in [5, 5.41) is 8.68. The van der Waals surface area contributed by atoms with E-state index in [-0.39, 0.29) is 6.42 Å². The van der Waals surface area contributed by atoms with Crippen LogP contribution in [0.15, 0.2) is 18.2 Å². The molecule has 1 N–H and O–H groups in total. The Morgan fingerprint density at radius 3 is 2.60 bits per heavy atom. The summed E-state index contributed by atoms with van der Waals surface area (Å²) in [5.74, 6) is -0.0842. The summed E-state index contributed by atoms with van der Waals surface area (Å²) < 4.78 is 5.18. The van der Waals surface area contributed by atoms with E-state index in [0.29, 0.717) is 0 Å². The summed E-state index contributed by atoms with van der Waals surface area (Å²) >= 11 is 0. The van der Waals surface area contributed by atoms with Crippen molar-refractivity contribution >= 4 is 11.7 Å². The molecule has 1 rings (SSSR count). The predicted molar refractivity (Wildman–Crippen MR) is 58.7 cm³/mol. The minimum Gasteiger partial charge on any atom is -0.495 e. The van der Waals surface area contributed by atoms with E-state index in [1.54, 1.807) is 19.2 Å². The molecule has 15 heavy (non-hydrogen) atoms. The van der Waals surface area contributed by atoms with Crippen LogP contribution in [0.2, 0.25) is 0 Å². The fourth-order valence-electron chi connectivity index (χ4n) is 1.37. The highest BCUT2D eigenvalue weighted by Crippen LogP contribution is 2.27. The third-order valence-corrected chi connectivity index (χ3v) is 2.08. The second-order valence-corrected chi connectivity index (χ2v) is 3.47. The minimum absolute atomic E-state index is 0.0326. The molecule has 0 aromatic heterocycles. The van der Waals surface area contributed by atoms with Crippen LogP contribution in [0.4, 0.5) is 5.69 Å². The molecule has 0 atom stereocenters. The van der Waals surface area contributed by atoms with E-state index in [1.807, 2.05) is 25.1 Å². The highest BCUT2D eigenvalue weighted by atomic mass is 16.5. The summed E-state index contributed by atoms with van der Waals surface area (Å²) in [7, 11) is 5.38. The molecule has 0 fully saturated rings. The lowest BCUT2D eigenvalue weighted by Gasteiger charge is -2.17. The Hall–Kier alpha value is -1.71. The van der Waals surface area contributed by atoms with Crippen LogP contribution in [-0.4, -0.2) is 32.3 Å². The fraction of sp³-hybridized carbons (Fsp3) is 0.364. The number of nitrogens with zero attached hydrogens (tertiary/aromatic N) is 1. The molecule has 0 radical (unpaired) electrons. The standard InChI is InChI=1S/C11H15NO3/c1-12(2)9-6-8(7-11(13)14)4-5-10(9)15-3/h4-6H,7H2,1-3H3,(H,13,14). The molecule has 0 saturated carbocycles. The van der Waals surface area contributed by atoms with E-state index in [1.165, 1.54) is 0 Å². The third-order valence-electron chi connectivity index (χ3n) is 2.08. The van der Waals surface area contributed by atoms with Crippen molar-refractivity contribution in [3.63, 3.8) is 0 Å². The van der Waals surface area contributed by atoms with Gasteiger partial charge in [-0.15, -0.1) is 0 Å². The number of rotatable bonds is 4. The maximum absolute atomic E-state index is 10.6. The van der Waals surface area contributed by atoms with Crippen LogP contribution in [0.3, 0.4) is 0 Å². The van der Waals surface area contributed by atoms with Gasteiger partial charge in [0, 0.05) is 14.1 Å². The van der Waals surface area contributed by atoms with Crippen molar-refractivity contribution in [2.75, 3.05) is 26.1 Å². The van der Waals surface area contributed by atoms with E-state index in [9.17, 15) is 4.79 Å². The van der Waals surface area contributed by atoms with Gasteiger partial charge < -0.3 is 14.7 Å². The first kappa shape index (κ1) is 11.4. The van der Waals surface area contributed by atoms with Crippen LogP contribution < -0.4 is 9.64 Å². The van der Waals surface area contributed by atoms with Crippen LogP contribution in [0.25, 0.3) is 0 Å². The molecule has 0 aliphatic carbocycles. The lowest BCUT2D eigenvalue weighted by Crippen LogP contribution is -2.11. The maximum atomic E-state index is 10.6. The first-order valence-corrected chi connectivity index (χ1v) is 4.60. The Morgan fingerprint density at radius 1 is 1.47 bits per heavy atom.